The first kappa shape index (κ1) is 18.5. The molecule has 1 saturated carbocycles. The van der Waals surface area contributed by atoms with Gasteiger partial charge in [0.05, 0.1) is 0 Å². The van der Waals surface area contributed by atoms with E-state index in [1.165, 1.54) is 0 Å². The Morgan fingerprint density at radius 1 is 1.08 bits per heavy atom. The van der Waals surface area contributed by atoms with Crippen LogP contribution in [0.5, 0.6) is 0 Å². The number of carbonyl (C=O) groups is 2. The van der Waals surface area contributed by atoms with Gasteiger partial charge in [-0.3, -0.25) is 9.59 Å². The maximum absolute atomic E-state index is 12.5. The fourth-order valence-corrected chi connectivity index (χ4v) is 3.17. The summed E-state index contributed by atoms with van der Waals surface area (Å²) in [6.07, 6.45) is 4.64. The van der Waals surface area contributed by atoms with Crippen LogP contribution >= 0.6 is 0 Å². The Kier molecular flexibility index (Phi) is 6.37. The van der Waals surface area contributed by atoms with Gasteiger partial charge in [0.1, 0.15) is 5.60 Å². The zero-order valence-corrected chi connectivity index (χ0v) is 14.7. The molecule has 0 unspecified atom stereocenters. The molecule has 0 radical (unpaired) electrons. The molecule has 0 saturated heterocycles. The summed E-state index contributed by atoms with van der Waals surface area (Å²) in [6.45, 7) is 5.61. The molecule has 1 fully saturated rings. The Morgan fingerprint density at radius 3 is 2.12 bits per heavy atom. The van der Waals surface area contributed by atoms with E-state index in [4.69, 9.17) is 0 Å². The second-order valence-electron chi connectivity index (χ2n) is 6.56. The van der Waals surface area contributed by atoms with Gasteiger partial charge in [-0.1, -0.05) is 13.8 Å². The van der Waals surface area contributed by atoms with E-state index in [0.29, 0.717) is 24.1 Å². The molecule has 5 nitrogen and oxygen atoms in total. The topological polar surface area (TPSA) is 69.6 Å². The first-order valence-electron chi connectivity index (χ1n) is 8.93. The summed E-state index contributed by atoms with van der Waals surface area (Å²) in [5, 5.41) is 13.0. The number of amides is 2. The average molecular weight is 332 g/mol. The number of hydrogen-bond acceptors (Lipinski definition) is 3. The highest BCUT2D eigenvalue weighted by Crippen LogP contribution is 2.30. The van der Waals surface area contributed by atoms with E-state index in [1.54, 1.807) is 24.3 Å². The van der Waals surface area contributed by atoms with Gasteiger partial charge in [-0.05, 0) is 62.8 Å². The molecule has 132 valence electrons. The maximum Gasteiger partial charge on any atom is 0.256 e. The van der Waals surface area contributed by atoms with Crippen LogP contribution in [0.15, 0.2) is 24.3 Å². The van der Waals surface area contributed by atoms with Crippen molar-refractivity contribution in [1.82, 2.24) is 4.90 Å². The lowest BCUT2D eigenvalue weighted by molar-refractivity contribution is -0.133. The lowest BCUT2D eigenvalue weighted by Crippen LogP contribution is -2.40. The number of aliphatic hydroxyl groups is 1. The molecule has 0 spiro atoms. The van der Waals surface area contributed by atoms with E-state index in [9.17, 15) is 14.7 Å². The largest absolute Gasteiger partial charge is 0.380 e. The molecule has 0 aliphatic heterocycles. The van der Waals surface area contributed by atoms with Crippen LogP contribution in [0, 0.1) is 0 Å². The molecular weight excluding hydrogens is 304 g/mol. The van der Waals surface area contributed by atoms with Crippen LogP contribution in [-0.4, -0.2) is 40.5 Å². The minimum Gasteiger partial charge on any atom is -0.380 e. The monoisotopic (exact) mass is 332 g/mol. The summed E-state index contributed by atoms with van der Waals surface area (Å²) < 4.78 is 0. The molecule has 2 amide bonds. The maximum atomic E-state index is 12.5. The van der Waals surface area contributed by atoms with Crippen LogP contribution in [0.4, 0.5) is 5.69 Å². The number of benzene rings is 1. The lowest BCUT2D eigenvalue weighted by Gasteiger charge is -2.22. The van der Waals surface area contributed by atoms with E-state index in [1.807, 2.05) is 4.90 Å². The van der Waals surface area contributed by atoms with Crippen molar-refractivity contribution in [3.05, 3.63) is 29.8 Å². The van der Waals surface area contributed by atoms with Crippen molar-refractivity contribution >= 4 is 17.5 Å². The third-order valence-electron chi connectivity index (χ3n) is 4.52. The first-order chi connectivity index (χ1) is 11.5. The normalized spacial score (nSPS) is 16.0. The van der Waals surface area contributed by atoms with Gasteiger partial charge in [0.25, 0.3) is 11.8 Å². The van der Waals surface area contributed by atoms with Gasteiger partial charge in [-0.15, -0.1) is 0 Å². The van der Waals surface area contributed by atoms with E-state index in [2.05, 4.69) is 19.2 Å². The van der Waals surface area contributed by atoms with Crippen LogP contribution in [0.2, 0.25) is 0 Å². The van der Waals surface area contributed by atoms with Gasteiger partial charge in [0, 0.05) is 24.3 Å². The lowest BCUT2D eigenvalue weighted by atomic mass is 10.0. The van der Waals surface area contributed by atoms with Gasteiger partial charge in [0.2, 0.25) is 0 Å². The summed E-state index contributed by atoms with van der Waals surface area (Å²) in [6, 6.07) is 6.91. The van der Waals surface area contributed by atoms with Gasteiger partial charge < -0.3 is 15.3 Å². The summed E-state index contributed by atoms with van der Waals surface area (Å²) in [5.74, 6) is -0.330. The molecular formula is C19H28N2O3. The van der Waals surface area contributed by atoms with Crippen LogP contribution in [0.1, 0.15) is 62.7 Å². The molecule has 5 heteroatoms. The molecule has 1 aromatic rings. The Morgan fingerprint density at radius 2 is 1.62 bits per heavy atom. The summed E-state index contributed by atoms with van der Waals surface area (Å²) >= 11 is 0. The number of hydrogen-bond donors (Lipinski definition) is 2. The molecule has 0 aromatic heterocycles. The number of anilines is 1. The van der Waals surface area contributed by atoms with Crippen molar-refractivity contribution in [2.24, 2.45) is 0 Å². The summed E-state index contributed by atoms with van der Waals surface area (Å²) in [5.41, 5.74) is -0.0167. The molecule has 0 atom stereocenters. The number of nitrogens with one attached hydrogen (secondary N) is 1. The predicted molar refractivity (Wildman–Crippen MR) is 95.0 cm³/mol. The minimum absolute atomic E-state index is 0.0194. The van der Waals surface area contributed by atoms with Crippen LogP contribution in [0.25, 0.3) is 0 Å². The minimum atomic E-state index is -1.24. The second kappa shape index (κ2) is 8.29. The third-order valence-corrected chi connectivity index (χ3v) is 4.52. The fourth-order valence-electron chi connectivity index (χ4n) is 3.17. The van der Waals surface area contributed by atoms with Crippen LogP contribution in [0.3, 0.4) is 0 Å². The molecule has 2 rings (SSSR count). The highest BCUT2D eigenvalue weighted by molar-refractivity contribution is 5.98. The number of carbonyl (C=O) groups excluding carboxylic acids is 2. The molecule has 1 aromatic carbocycles. The van der Waals surface area contributed by atoms with Gasteiger partial charge in [-0.2, -0.15) is 0 Å². The fraction of sp³-hybridized carbons (Fsp3) is 0.579. The Labute approximate surface area is 144 Å². The van der Waals surface area contributed by atoms with E-state index < -0.39 is 5.60 Å². The van der Waals surface area contributed by atoms with E-state index >= 15 is 0 Å². The Bertz CT molecular complexity index is 556. The van der Waals surface area contributed by atoms with Crippen molar-refractivity contribution in [3.63, 3.8) is 0 Å². The molecule has 1 aliphatic carbocycles. The van der Waals surface area contributed by atoms with E-state index in [-0.39, 0.29) is 11.8 Å². The molecule has 1 aliphatic rings. The molecule has 0 bridgehead atoms. The van der Waals surface area contributed by atoms with Crippen molar-refractivity contribution in [1.29, 1.82) is 0 Å². The standard InChI is InChI=1S/C19H28N2O3/c1-3-13-21(14-4-2)17(22)15-7-9-16(10-8-15)20-18(23)19(24)11-5-6-12-19/h7-10,24H,3-6,11-14H2,1-2H3,(H,20,23). The summed E-state index contributed by atoms with van der Waals surface area (Å²) in [7, 11) is 0. The van der Waals surface area contributed by atoms with Crippen molar-refractivity contribution in [2.45, 2.75) is 58.0 Å². The third kappa shape index (κ3) is 4.35. The van der Waals surface area contributed by atoms with Gasteiger partial charge in [0.15, 0.2) is 0 Å². The smallest absolute Gasteiger partial charge is 0.256 e. The zero-order chi connectivity index (χ0) is 17.6. The van der Waals surface area contributed by atoms with Crippen molar-refractivity contribution < 1.29 is 14.7 Å². The average Bonchev–Trinajstić information content (AvgIpc) is 3.03. The SMILES string of the molecule is CCCN(CCC)C(=O)c1ccc(NC(=O)C2(O)CCCC2)cc1. The Balaban J connectivity index is 2.01. The first-order valence-corrected chi connectivity index (χ1v) is 8.93. The highest BCUT2D eigenvalue weighted by atomic mass is 16.3. The zero-order valence-electron chi connectivity index (χ0n) is 14.7. The molecule has 24 heavy (non-hydrogen) atoms. The predicted octanol–water partition coefficient (Wildman–Crippen LogP) is 3.19. The van der Waals surface area contributed by atoms with Crippen LogP contribution < -0.4 is 5.32 Å². The summed E-state index contributed by atoms with van der Waals surface area (Å²) in [4.78, 5) is 26.6. The second-order valence-corrected chi connectivity index (χ2v) is 6.56. The number of nitrogens with zero attached hydrogens (tertiary/aromatic N) is 1. The van der Waals surface area contributed by atoms with Crippen molar-refractivity contribution in [2.75, 3.05) is 18.4 Å². The van der Waals surface area contributed by atoms with E-state index in [0.717, 1.165) is 38.8 Å². The highest BCUT2D eigenvalue weighted by Gasteiger charge is 2.38. The van der Waals surface area contributed by atoms with Gasteiger partial charge >= 0.3 is 0 Å². The van der Waals surface area contributed by atoms with Crippen LogP contribution in [-0.2, 0) is 4.79 Å². The molecule has 2 N–H and O–H groups in total. The van der Waals surface area contributed by atoms with Gasteiger partial charge in [-0.25, -0.2) is 0 Å². The van der Waals surface area contributed by atoms with Crippen molar-refractivity contribution in [3.8, 4) is 0 Å². The Hall–Kier alpha value is -1.88. The molecule has 0 heterocycles. The quantitative estimate of drug-likeness (QED) is 0.805. The number of rotatable bonds is 7.